The van der Waals surface area contributed by atoms with Gasteiger partial charge in [-0.3, -0.25) is 14.0 Å². The molecule has 9 heteroatoms. The standard InChI is InChI=1S/C19H19Cl2FN4O2/c1-23-5-6-25(2)19(28)13-8-11(3-4-15(13)22)7-12-10-24-18(27)16-9-14(20)17(21)26(12)16/h3-4,8-10,23H,5-7H2,1-2H3,(H,24,27). The van der Waals surface area contributed by atoms with E-state index in [0.29, 0.717) is 36.3 Å². The number of halogens is 3. The summed E-state index contributed by atoms with van der Waals surface area (Å²) in [6, 6.07) is 5.86. The van der Waals surface area contributed by atoms with E-state index in [1.54, 1.807) is 24.6 Å². The molecule has 28 heavy (non-hydrogen) atoms. The van der Waals surface area contributed by atoms with Crippen LogP contribution in [0.25, 0.3) is 5.52 Å². The quantitative estimate of drug-likeness (QED) is 0.638. The van der Waals surface area contributed by atoms with E-state index in [2.05, 4.69) is 10.3 Å². The van der Waals surface area contributed by atoms with Gasteiger partial charge in [0.2, 0.25) is 0 Å². The van der Waals surface area contributed by atoms with Crippen LogP contribution in [-0.4, -0.2) is 47.4 Å². The Balaban J connectivity index is 1.96. The molecule has 1 aromatic carbocycles. The van der Waals surface area contributed by atoms with Gasteiger partial charge in [-0.2, -0.15) is 0 Å². The molecular weight excluding hydrogens is 406 g/mol. The molecule has 2 N–H and O–H groups in total. The highest BCUT2D eigenvalue weighted by Gasteiger charge is 2.18. The van der Waals surface area contributed by atoms with Crippen LogP contribution in [0.3, 0.4) is 0 Å². The lowest BCUT2D eigenvalue weighted by Gasteiger charge is -2.18. The van der Waals surface area contributed by atoms with E-state index in [1.165, 1.54) is 29.3 Å². The van der Waals surface area contributed by atoms with E-state index >= 15 is 0 Å². The first-order valence-corrected chi connectivity index (χ1v) is 9.34. The molecule has 0 saturated carbocycles. The number of nitrogens with zero attached hydrogens (tertiary/aromatic N) is 2. The Kier molecular flexibility index (Phi) is 6.07. The van der Waals surface area contributed by atoms with Gasteiger partial charge in [-0.15, -0.1) is 0 Å². The Hall–Kier alpha value is -2.35. The van der Waals surface area contributed by atoms with E-state index in [-0.39, 0.29) is 21.3 Å². The van der Waals surface area contributed by atoms with Gasteiger partial charge < -0.3 is 15.2 Å². The SMILES string of the molecule is CNCCN(C)C(=O)c1cc(Cc2c[nH]c(=O)c3cc(Cl)c(Cl)n23)ccc1F. The Morgan fingerprint density at radius 1 is 1.32 bits per heavy atom. The summed E-state index contributed by atoms with van der Waals surface area (Å²) in [4.78, 5) is 28.7. The van der Waals surface area contributed by atoms with Crippen molar-refractivity contribution in [2.75, 3.05) is 27.2 Å². The summed E-state index contributed by atoms with van der Waals surface area (Å²) in [6.45, 7) is 1.06. The van der Waals surface area contributed by atoms with Crippen molar-refractivity contribution < 1.29 is 9.18 Å². The first-order chi connectivity index (χ1) is 13.3. The van der Waals surface area contributed by atoms with Gasteiger partial charge >= 0.3 is 0 Å². The van der Waals surface area contributed by atoms with Crippen LogP contribution < -0.4 is 10.9 Å². The second-order valence-corrected chi connectivity index (χ2v) is 7.20. The molecule has 1 amide bonds. The number of H-pyrrole nitrogens is 1. The van der Waals surface area contributed by atoms with Crippen LogP contribution in [0, 0.1) is 5.82 Å². The first-order valence-electron chi connectivity index (χ1n) is 8.59. The molecular formula is C19H19Cl2FN4O2. The van der Waals surface area contributed by atoms with Crippen LogP contribution in [0.15, 0.2) is 35.3 Å². The van der Waals surface area contributed by atoms with Gasteiger partial charge in [0.1, 0.15) is 16.5 Å². The van der Waals surface area contributed by atoms with Crippen molar-refractivity contribution in [2.24, 2.45) is 0 Å². The van der Waals surface area contributed by atoms with Gasteiger partial charge in [0.25, 0.3) is 11.5 Å². The number of hydrogen-bond acceptors (Lipinski definition) is 3. The molecule has 2 heterocycles. The summed E-state index contributed by atoms with van der Waals surface area (Å²) in [5.41, 5.74) is 1.34. The Bertz CT molecular complexity index is 1090. The zero-order chi connectivity index (χ0) is 20.4. The molecule has 3 rings (SSSR count). The van der Waals surface area contributed by atoms with Crippen LogP contribution in [0.5, 0.6) is 0 Å². The maximum atomic E-state index is 14.3. The van der Waals surface area contributed by atoms with Crippen LogP contribution in [-0.2, 0) is 6.42 Å². The van der Waals surface area contributed by atoms with Crippen molar-refractivity contribution in [1.29, 1.82) is 0 Å². The van der Waals surface area contributed by atoms with Crippen LogP contribution in [0.1, 0.15) is 21.6 Å². The number of likely N-dealkylation sites (N-methyl/N-ethyl adjacent to an activating group) is 2. The maximum Gasteiger partial charge on any atom is 0.272 e. The highest BCUT2D eigenvalue weighted by atomic mass is 35.5. The van der Waals surface area contributed by atoms with E-state index < -0.39 is 11.7 Å². The fourth-order valence-electron chi connectivity index (χ4n) is 2.96. The summed E-state index contributed by atoms with van der Waals surface area (Å²) in [6.07, 6.45) is 1.85. The first kappa shape index (κ1) is 20.4. The lowest BCUT2D eigenvalue weighted by molar-refractivity contribution is 0.0792. The lowest BCUT2D eigenvalue weighted by Crippen LogP contribution is -2.33. The van der Waals surface area contributed by atoms with Gasteiger partial charge in [0, 0.05) is 38.4 Å². The number of benzene rings is 1. The number of rotatable bonds is 6. The van der Waals surface area contributed by atoms with Crippen molar-refractivity contribution in [3.63, 3.8) is 0 Å². The molecule has 0 unspecified atom stereocenters. The monoisotopic (exact) mass is 424 g/mol. The number of fused-ring (bicyclic) bond motifs is 1. The van der Waals surface area contributed by atoms with E-state index in [9.17, 15) is 14.0 Å². The van der Waals surface area contributed by atoms with Gasteiger partial charge in [0.05, 0.1) is 10.6 Å². The number of nitrogens with one attached hydrogen (secondary N) is 2. The summed E-state index contributed by atoms with van der Waals surface area (Å²) in [7, 11) is 3.40. The zero-order valence-corrected chi connectivity index (χ0v) is 16.9. The normalized spacial score (nSPS) is 11.2. The molecule has 3 aromatic rings. The molecule has 0 aliphatic carbocycles. The second-order valence-electron chi connectivity index (χ2n) is 6.43. The molecule has 0 saturated heterocycles. The van der Waals surface area contributed by atoms with Gasteiger partial charge in [0.15, 0.2) is 0 Å². The number of amides is 1. The average molecular weight is 425 g/mol. The number of aromatic nitrogens is 2. The molecule has 148 valence electrons. The van der Waals surface area contributed by atoms with Crippen LogP contribution in [0.2, 0.25) is 10.2 Å². The smallest absolute Gasteiger partial charge is 0.272 e. The molecule has 0 bridgehead atoms. The van der Waals surface area contributed by atoms with Crippen LogP contribution >= 0.6 is 23.2 Å². The predicted octanol–water partition coefficient (Wildman–Crippen LogP) is 2.96. The van der Waals surface area contributed by atoms with Crippen molar-refractivity contribution in [1.82, 2.24) is 19.6 Å². The lowest BCUT2D eigenvalue weighted by atomic mass is 10.0. The summed E-state index contributed by atoms with van der Waals surface area (Å²) < 4.78 is 15.8. The zero-order valence-electron chi connectivity index (χ0n) is 15.4. The van der Waals surface area contributed by atoms with Gasteiger partial charge in [-0.25, -0.2) is 4.39 Å². The predicted molar refractivity (Wildman–Crippen MR) is 108 cm³/mol. The maximum absolute atomic E-state index is 14.3. The van der Waals surface area contributed by atoms with E-state index in [1.807, 2.05) is 0 Å². The number of aromatic amines is 1. The number of hydrogen-bond donors (Lipinski definition) is 2. The molecule has 0 atom stereocenters. The highest BCUT2D eigenvalue weighted by molar-refractivity contribution is 6.42. The largest absolute Gasteiger partial charge is 0.340 e. The Morgan fingerprint density at radius 2 is 2.07 bits per heavy atom. The van der Waals surface area contributed by atoms with E-state index in [0.717, 1.165) is 0 Å². The van der Waals surface area contributed by atoms with Crippen molar-refractivity contribution in [2.45, 2.75) is 6.42 Å². The minimum atomic E-state index is -0.585. The average Bonchev–Trinajstić information content (AvgIpc) is 2.99. The van der Waals surface area contributed by atoms with Crippen molar-refractivity contribution >= 4 is 34.6 Å². The molecule has 6 nitrogen and oxygen atoms in total. The summed E-state index contributed by atoms with van der Waals surface area (Å²) in [5.74, 6) is -0.984. The third-order valence-corrected chi connectivity index (χ3v) is 5.24. The molecule has 0 aliphatic rings. The molecule has 0 aliphatic heterocycles. The number of carbonyl (C=O) groups is 1. The summed E-state index contributed by atoms with van der Waals surface area (Å²) in [5, 5.41) is 3.44. The third-order valence-electron chi connectivity index (χ3n) is 4.48. The fraction of sp³-hybridized carbons (Fsp3) is 0.263. The second kappa shape index (κ2) is 8.34. The third kappa shape index (κ3) is 3.92. The van der Waals surface area contributed by atoms with Gasteiger partial charge in [-0.05, 0) is 30.8 Å². The molecule has 2 aromatic heterocycles. The minimum Gasteiger partial charge on any atom is -0.340 e. The fourth-order valence-corrected chi connectivity index (χ4v) is 3.41. The molecule has 0 fully saturated rings. The van der Waals surface area contributed by atoms with Crippen LogP contribution in [0.4, 0.5) is 4.39 Å². The topological polar surface area (TPSA) is 69.6 Å². The molecule has 0 radical (unpaired) electrons. The Labute approximate surface area is 170 Å². The Morgan fingerprint density at radius 3 is 2.79 bits per heavy atom. The van der Waals surface area contributed by atoms with Crippen molar-refractivity contribution in [3.05, 3.63) is 73.6 Å². The van der Waals surface area contributed by atoms with Crippen molar-refractivity contribution in [3.8, 4) is 0 Å². The minimum absolute atomic E-state index is 0.00610. The van der Waals surface area contributed by atoms with E-state index in [4.69, 9.17) is 23.2 Å². The van der Waals surface area contributed by atoms with Gasteiger partial charge in [-0.1, -0.05) is 29.3 Å². The summed E-state index contributed by atoms with van der Waals surface area (Å²) >= 11 is 12.3. The molecule has 0 spiro atoms. The number of carbonyl (C=O) groups excluding carboxylic acids is 1. The highest BCUT2D eigenvalue weighted by Crippen LogP contribution is 2.27.